The standard InChI is InChI=1S/C26H30N4O4S/c1-29(35(2,33)34)20-25(31)30(19-22-12-7-4-8-13-22)24(16-21-10-5-3-6-11-21)26(32)28-18-23-14-9-15-27-17-23/h3-15,17,24H,16,18-20H2,1-2H3,(H,28,32)/t24-/m0/s1. The first kappa shape index (κ1) is 26.1. The molecule has 2 aromatic carbocycles. The lowest BCUT2D eigenvalue weighted by atomic mass is 10.0. The third kappa shape index (κ3) is 8.01. The molecular formula is C26H30N4O4S. The van der Waals surface area contributed by atoms with Gasteiger partial charge < -0.3 is 10.2 Å². The van der Waals surface area contributed by atoms with Gasteiger partial charge in [0.1, 0.15) is 6.04 Å². The number of hydrogen-bond donors (Lipinski definition) is 1. The van der Waals surface area contributed by atoms with Crippen LogP contribution in [0.1, 0.15) is 16.7 Å². The van der Waals surface area contributed by atoms with E-state index in [1.165, 1.54) is 11.9 Å². The van der Waals surface area contributed by atoms with Crippen LogP contribution < -0.4 is 5.32 Å². The molecule has 1 heterocycles. The monoisotopic (exact) mass is 494 g/mol. The van der Waals surface area contributed by atoms with E-state index in [1.54, 1.807) is 18.5 Å². The Kier molecular flexibility index (Phi) is 9.11. The summed E-state index contributed by atoms with van der Waals surface area (Å²) in [6.07, 6.45) is 4.65. The van der Waals surface area contributed by atoms with Gasteiger partial charge in [-0.1, -0.05) is 66.7 Å². The molecule has 1 aromatic heterocycles. The van der Waals surface area contributed by atoms with Gasteiger partial charge in [-0.25, -0.2) is 8.42 Å². The van der Waals surface area contributed by atoms with Crippen LogP contribution in [0.2, 0.25) is 0 Å². The smallest absolute Gasteiger partial charge is 0.243 e. The Morgan fingerprint density at radius 3 is 2.09 bits per heavy atom. The summed E-state index contributed by atoms with van der Waals surface area (Å²) in [5, 5.41) is 2.92. The molecule has 8 nitrogen and oxygen atoms in total. The first-order valence-corrected chi connectivity index (χ1v) is 13.0. The number of hydrogen-bond acceptors (Lipinski definition) is 5. The van der Waals surface area contributed by atoms with Crippen molar-refractivity contribution in [3.05, 3.63) is 102 Å². The number of carbonyl (C=O) groups excluding carboxylic acids is 2. The molecule has 3 rings (SSSR count). The van der Waals surface area contributed by atoms with Gasteiger partial charge in [-0.3, -0.25) is 14.6 Å². The summed E-state index contributed by atoms with van der Waals surface area (Å²) in [5.74, 6) is -0.789. The SMILES string of the molecule is CN(CC(=O)N(Cc1ccccc1)[C@@H](Cc1ccccc1)C(=O)NCc1cccnc1)S(C)(=O)=O. The van der Waals surface area contributed by atoms with Crippen molar-refractivity contribution in [3.8, 4) is 0 Å². The van der Waals surface area contributed by atoms with E-state index in [9.17, 15) is 18.0 Å². The summed E-state index contributed by atoms with van der Waals surface area (Å²) in [5.41, 5.74) is 2.55. The average Bonchev–Trinajstić information content (AvgIpc) is 2.86. The lowest BCUT2D eigenvalue weighted by Crippen LogP contribution is -2.52. The average molecular weight is 495 g/mol. The lowest BCUT2D eigenvalue weighted by Gasteiger charge is -2.32. The minimum Gasteiger partial charge on any atom is -0.350 e. The van der Waals surface area contributed by atoms with E-state index >= 15 is 0 Å². The summed E-state index contributed by atoms with van der Waals surface area (Å²) in [7, 11) is -2.23. The molecule has 0 bridgehead atoms. The van der Waals surface area contributed by atoms with E-state index in [4.69, 9.17) is 0 Å². The summed E-state index contributed by atoms with van der Waals surface area (Å²) in [6, 6.07) is 21.5. The minimum absolute atomic E-state index is 0.162. The van der Waals surface area contributed by atoms with Gasteiger partial charge >= 0.3 is 0 Å². The maximum atomic E-state index is 13.5. The molecule has 3 aromatic rings. The Balaban J connectivity index is 1.92. The predicted octanol–water partition coefficient (Wildman–Crippen LogP) is 2.23. The zero-order chi connectivity index (χ0) is 25.3. The quantitative estimate of drug-likeness (QED) is 0.441. The van der Waals surface area contributed by atoms with E-state index in [0.717, 1.165) is 27.3 Å². The van der Waals surface area contributed by atoms with Crippen LogP contribution in [0.4, 0.5) is 0 Å². The topological polar surface area (TPSA) is 99.7 Å². The van der Waals surface area contributed by atoms with E-state index in [-0.39, 0.29) is 32.0 Å². The highest BCUT2D eigenvalue weighted by Gasteiger charge is 2.31. The molecule has 2 amide bonds. The van der Waals surface area contributed by atoms with Gasteiger partial charge in [-0.2, -0.15) is 4.31 Å². The summed E-state index contributed by atoms with van der Waals surface area (Å²) >= 11 is 0. The maximum absolute atomic E-state index is 13.5. The van der Waals surface area contributed by atoms with Gasteiger partial charge in [-0.15, -0.1) is 0 Å². The number of sulfonamides is 1. The number of benzene rings is 2. The second-order valence-corrected chi connectivity index (χ2v) is 10.4. The third-order valence-corrected chi connectivity index (χ3v) is 6.84. The second kappa shape index (κ2) is 12.2. The maximum Gasteiger partial charge on any atom is 0.243 e. The molecule has 0 unspecified atom stereocenters. The van der Waals surface area contributed by atoms with Crippen LogP contribution in [0, 0.1) is 0 Å². The van der Waals surface area contributed by atoms with E-state index in [2.05, 4.69) is 10.3 Å². The van der Waals surface area contributed by atoms with Crippen molar-refractivity contribution in [2.24, 2.45) is 0 Å². The van der Waals surface area contributed by atoms with Crippen LogP contribution in [0.5, 0.6) is 0 Å². The molecule has 184 valence electrons. The number of pyridine rings is 1. The fraction of sp³-hybridized carbons (Fsp3) is 0.269. The molecular weight excluding hydrogens is 464 g/mol. The summed E-state index contributed by atoms with van der Waals surface area (Å²) < 4.78 is 24.9. The van der Waals surface area contributed by atoms with E-state index in [0.29, 0.717) is 0 Å². The fourth-order valence-electron chi connectivity index (χ4n) is 3.54. The number of aromatic nitrogens is 1. The van der Waals surface area contributed by atoms with Crippen LogP contribution in [-0.2, 0) is 39.1 Å². The fourth-order valence-corrected chi connectivity index (χ4v) is 3.89. The van der Waals surface area contributed by atoms with Gasteiger partial charge in [0.25, 0.3) is 0 Å². The van der Waals surface area contributed by atoms with Crippen LogP contribution in [0.15, 0.2) is 85.2 Å². The Morgan fingerprint density at radius 2 is 1.51 bits per heavy atom. The molecule has 0 aliphatic heterocycles. The first-order chi connectivity index (χ1) is 16.7. The number of carbonyl (C=O) groups is 2. The van der Waals surface area contributed by atoms with Crippen molar-refractivity contribution in [2.75, 3.05) is 19.8 Å². The molecule has 0 fully saturated rings. The Morgan fingerprint density at radius 1 is 0.914 bits per heavy atom. The minimum atomic E-state index is -3.58. The number of nitrogens with one attached hydrogen (secondary N) is 1. The van der Waals surface area contributed by atoms with E-state index in [1.807, 2.05) is 66.7 Å². The second-order valence-electron chi connectivity index (χ2n) is 8.31. The molecule has 0 spiro atoms. The van der Waals surface area contributed by atoms with Gasteiger partial charge in [0.15, 0.2) is 0 Å². The van der Waals surface area contributed by atoms with Crippen LogP contribution in [-0.4, -0.2) is 60.3 Å². The van der Waals surface area contributed by atoms with E-state index < -0.39 is 22.0 Å². The molecule has 0 radical (unpaired) electrons. The number of rotatable bonds is 11. The highest BCUT2D eigenvalue weighted by molar-refractivity contribution is 7.88. The molecule has 0 aliphatic rings. The van der Waals surface area contributed by atoms with Crippen molar-refractivity contribution >= 4 is 21.8 Å². The Labute approximate surface area is 206 Å². The lowest BCUT2D eigenvalue weighted by molar-refractivity contribution is -0.141. The number of nitrogens with zero attached hydrogens (tertiary/aromatic N) is 3. The molecule has 9 heteroatoms. The van der Waals surface area contributed by atoms with Crippen molar-refractivity contribution in [1.29, 1.82) is 0 Å². The molecule has 35 heavy (non-hydrogen) atoms. The van der Waals surface area contributed by atoms with Gasteiger partial charge in [-0.05, 0) is 22.8 Å². The Bertz CT molecular complexity index is 1210. The van der Waals surface area contributed by atoms with Gasteiger partial charge in [0.05, 0.1) is 12.8 Å². The predicted molar refractivity (Wildman–Crippen MR) is 134 cm³/mol. The molecule has 1 N–H and O–H groups in total. The zero-order valence-electron chi connectivity index (χ0n) is 19.9. The first-order valence-electron chi connectivity index (χ1n) is 11.2. The summed E-state index contributed by atoms with van der Waals surface area (Å²) in [6.45, 7) is 0.0521. The highest BCUT2D eigenvalue weighted by Crippen LogP contribution is 2.16. The largest absolute Gasteiger partial charge is 0.350 e. The van der Waals surface area contributed by atoms with Crippen LogP contribution in [0.3, 0.4) is 0 Å². The van der Waals surface area contributed by atoms with Crippen LogP contribution >= 0.6 is 0 Å². The van der Waals surface area contributed by atoms with Crippen molar-refractivity contribution in [1.82, 2.24) is 19.5 Å². The zero-order valence-corrected chi connectivity index (χ0v) is 20.7. The molecule has 0 aliphatic carbocycles. The van der Waals surface area contributed by atoms with Gasteiger partial charge in [0.2, 0.25) is 21.8 Å². The van der Waals surface area contributed by atoms with Crippen molar-refractivity contribution in [3.63, 3.8) is 0 Å². The summed E-state index contributed by atoms with van der Waals surface area (Å²) in [4.78, 5) is 32.5. The molecule has 0 saturated heterocycles. The Hall–Kier alpha value is -3.56. The highest BCUT2D eigenvalue weighted by atomic mass is 32.2. The number of amides is 2. The molecule has 0 saturated carbocycles. The van der Waals surface area contributed by atoms with Crippen molar-refractivity contribution < 1.29 is 18.0 Å². The molecule has 1 atom stereocenters. The van der Waals surface area contributed by atoms with Crippen LogP contribution in [0.25, 0.3) is 0 Å². The van der Waals surface area contributed by atoms with Gasteiger partial charge in [0, 0.05) is 39.0 Å². The normalized spacial score (nSPS) is 12.2. The third-order valence-electron chi connectivity index (χ3n) is 5.58. The number of likely N-dealkylation sites (N-methyl/N-ethyl adjacent to an activating group) is 1. The van der Waals surface area contributed by atoms with Crippen molar-refractivity contribution in [2.45, 2.75) is 25.6 Å².